The summed E-state index contributed by atoms with van der Waals surface area (Å²) in [5.41, 5.74) is 1.50. The number of benzene rings is 2. The first kappa shape index (κ1) is 19.2. The molecule has 0 fully saturated rings. The van der Waals surface area contributed by atoms with E-state index in [2.05, 4.69) is 0 Å². The number of phenols is 2. The molecule has 25 heavy (non-hydrogen) atoms. The van der Waals surface area contributed by atoms with E-state index in [1.54, 1.807) is 12.1 Å². The van der Waals surface area contributed by atoms with Crippen LogP contribution in [-0.4, -0.2) is 30.6 Å². The molecule has 2 rings (SSSR count). The van der Waals surface area contributed by atoms with Crippen LogP contribution in [0.4, 0.5) is 0 Å². The first-order valence-electron chi connectivity index (χ1n) is 7.95. The van der Waals surface area contributed by atoms with Crippen LogP contribution in [0.15, 0.2) is 24.3 Å². The van der Waals surface area contributed by atoms with Crippen molar-refractivity contribution in [1.82, 2.24) is 0 Å². The van der Waals surface area contributed by atoms with Crippen molar-refractivity contribution in [3.63, 3.8) is 0 Å². The molecule has 0 unspecified atom stereocenters. The van der Waals surface area contributed by atoms with Crippen molar-refractivity contribution < 1.29 is 30.6 Å². The third-order valence-corrected chi connectivity index (χ3v) is 4.75. The molecule has 6 nitrogen and oxygen atoms in total. The second-order valence-electron chi connectivity index (χ2n) is 6.44. The number of phenolic OH excluding ortho intramolecular Hbond substituents is 1. The maximum Gasteiger partial charge on any atom is 0.127 e. The lowest BCUT2D eigenvalue weighted by molar-refractivity contribution is 0.237. The Labute approximate surface area is 146 Å². The van der Waals surface area contributed by atoms with E-state index in [9.17, 15) is 30.6 Å². The van der Waals surface area contributed by atoms with Crippen LogP contribution in [0.3, 0.4) is 0 Å². The predicted molar refractivity (Wildman–Crippen MR) is 92.0 cm³/mol. The number of aliphatic hydroxyl groups is 4. The zero-order valence-corrected chi connectivity index (χ0v) is 14.3. The van der Waals surface area contributed by atoms with Crippen molar-refractivity contribution in [2.45, 2.75) is 45.7 Å². The molecule has 0 atom stereocenters. The minimum atomic E-state index is -0.731. The summed E-state index contributed by atoms with van der Waals surface area (Å²) in [5, 5.41) is 58.9. The molecule has 6 heteroatoms. The molecular weight excluding hydrogens is 324 g/mol. The summed E-state index contributed by atoms with van der Waals surface area (Å²) in [6, 6.07) is 6.52. The molecule has 0 aromatic heterocycles. The average Bonchev–Trinajstić information content (AvgIpc) is 2.60. The van der Waals surface area contributed by atoms with Gasteiger partial charge in [-0.2, -0.15) is 0 Å². The van der Waals surface area contributed by atoms with Gasteiger partial charge in [0.25, 0.3) is 0 Å². The summed E-state index contributed by atoms with van der Waals surface area (Å²) < 4.78 is 0. The van der Waals surface area contributed by atoms with Gasteiger partial charge in [0.2, 0.25) is 0 Å². The number of hydrogen-bond acceptors (Lipinski definition) is 6. The summed E-state index contributed by atoms with van der Waals surface area (Å²) >= 11 is 0. The summed E-state index contributed by atoms with van der Waals surface area (Å²) in [7, 11) is 0. The molecular formula is C19H24O6. The molecule has 0 aliphatic carbocycles. The smallest absolute Gasteiger partial charge is 0.127 e. The highest BCUT2D eigenvalue weighted by molar-refractivity contribution is 5.59. The lowest BCUT2D eigenvalue weighted by Gasteiger charge is -2.33. The molecule has 0 radical (unpaired) electrons. The number of aliphatic hydroxyl groups excluding tert-OH is 4. The third kappa shape index (κ3) is 3.21. The summed E-state index contributed by atoms with van der Waals surface area (Å²) in [4.78, 5) is 0. The first-order valence-corrected chi connectivity index (χ1v) is 7.95. The SMILES string of the molecule is CC(C)(c1ccc(O)cc1)c1c(CO)c(CO)c(O)c(CO)c1CO. The lowest BCUT2D eigenvalue weighted by atomic mass is 9.72. The Morgan fingerprint density at radius 1 is 0.680 bits per heavy atom. The van der Waals surface area contributed by atoms with Crippen molar-refractivity contribution in [2.75, 3.05) is 0 Å². The fourth-order valence-corrected chi connectivity index (χ4v) is 3.42. The highest BCUT2D eigenvalue weighted by Gasteiger charge is 2.33. The van der Waals surface area contributed by atoms with E-state index in [4.69, 9.17) is 0 Å². The van der Waals surface area contributed by atoms with Crippen molar-refractivity contribution in [3.8, 4) is 11.5 Å². The molecule has 2 aromatic rings. The Hall–Kier alpha value is -2.12. The highest BCUT2D eigenvalue weighted by atomic mass is 16.3. The van der Waals surface area contributed by atoms with Gasteiger partial charge in [-0.25, -0.2) is 0 Å². The third-order valence-electron chi connectivity index (χ3n) is 4.75. The van der Waals surface area contributed by atoms with E-state index in [0.717, 1.165) is 5.56 Å². The molecule has 0 bridgehead atoms. The van der Waals surface area contributed by atoms with Gasteiger partial charge in [-0.15, -0.1) is 0 Å². The molecule has 0 heterocycles. The van der Waals surface area contributed by atoms with E-state index < -0.39 is 31.8 Å². The van der Waals surface area contributed by atoms with Crippen LogP contribution in [0, 0.1) is 0 Å². The van der Waals surface area contributed by atoms with Gasteiger partial charge in [-0.3, -0.25) is 0 Å². The fraction of sp³-hybridized carbons (Fsp3) is 0.368. The lowest BCUT2D eigenvalue weighted by Crippen LogP contribution is -2.25. The minimum absolute atomic E-state index is 0.113. The Morgan fingerprint density at radius 2 is 1.08 bits per heavy atom. The number of hydrogen-bond donors (Lipinski definition) is 6. The van der Waals surface area contributed by atoms with Crippen molar-refractivity contribution >= 4 is 0 Å². The van der Waals surface area contributed by atoms with Gasteiger partial charge in [0.15, 0.2) is 0 Å². The summed E-state index contributed by atoms with van der Waals surface area (Å²) in [5.74, 6) is -0.203. The van der Waals surface area contributed by atoms with Crippen molar-refractivity contribution in [2.24, 2.45) is 0 Å². The maximum atomic E-state index is 10.3. The molecule has 0 saturated heterocycles. The number of aromatic hydroxyl groups is 2. The Bertz CT molecular complexity index is 716. The van der Waals surface area contributed by atoms with E-state index in [0.29, 0.717) is 16.7 Å². The predicted octanol–water partition coefficient (Wildman–Crippen LogP) is 1.39. The van der Waals surface area contributed by atoms with Gasteiger partial charge in [-0.05, 0) is 34.4 Å². The minimum Gasteiger partial charge on any atom is -0.508 e. The van der Waals surface area contributed by atoms with Crippen LogP contribution in [0.2, 0.25) is 0 Å². The molecule has 0 saturated carbocycles. The number of rotatable bonds is 6. The molecule has 0 aliphatic rings. The Balaban J connectivity index is 2.88. The summed E-state index contributed by atoms with van der Waals surface area (Å²) in [6.45, 7) is 1.81. The maximum absolute atomic E-state index is 10.3. The first-order chi connectivity index (χ1) is 11.8. The zero-order valence-electron chi connectivity index (χ0n) is 14.3. The normalized spacial score (nSPS) is 11.8. The van der Waals surface area contributed by atoms with Gasteiger partial charge in [0, 0.05) is 16.5 Å². The van der Waals surface area contributed by atoms with Gasteiger partial charge in [0.1, 0.15) is 11.5 Å². The summed E-state index contributed by atoms with van der Waals surface area (Å²) in [6.07, 6.45) is 0. The Morgan fingerprint density at radius 3 is 1.44 bits per heavy atom. The zero-order chi connectivity index (χ0) is 18.8. The molecule has 0 spiro atoms. The van der Waals surface area contributed by atoms with Crippen LogP contribution in [0.5, 0.6) is 11.5 Å². The molecule has 0 aliphatic heterocycles. The molecule has 2 aromatic carbocycles. The van der Waals surface area contributed by atoms with Crippen LogP contribution in [0.25, 0.3) is 0 Å². The molecule has 6 N–H and O–H groups in total. The fourth-order valence-electron chi connectivity index (χ4n) is 3.42. The van der Waals surface area contributed by atoms with Gasteiger partial charge < -0.3 is 30.6 Å². The second-order valence-corrected chi connectivity index (χ2v) is 6.44. The topological polar surface area (TPSA) is 121 Å². The molecule has 136 valence electrons. The molecule has 0 amide bonds. The van der Waals surface area contributed by atoms with E-state index in [1.807, 2.05) is 13.8 Å². The van der Waals surface area contributed by atoms with Gasteiger partial charge in [0.05, 0.1) is 26.4 Å². The standard InChI is InChI=1S/C19H24O6/c1-19(2,11-3-5-12(24)6-4-11)17-13(7-20)15(9-22)18(25)16(10-23)14(17)8-21/h3-6,20-25H,7-10H2,1-2H3. The van der Waals surface area contributed by atoms with Crippen LogP contribution >= 0.6 is 0 Å². The average molecular weight is 348 g/mol. The van der Waals surface area contributed by atoms with E-state index in [1.165, 1.54) is 12.1 Å². The van der Waals surface area contributed by atoms with Crippen molar-refractivity contribution in [3.05, 3.63) is 57.6 Å². The highest BCUT2D eigenvalue weighted by Crippen LogP contribution is 2.43. The quantitative estimate of drug-likeness (QED) is 0.469. The van der Waals surface area contributed by atoms with E-state index in [-0.39, 0.29) is 22.6 Å². The van der Waals surface area contributed by atoms with Crippen LogP contribution in [0.1, 0.15) is 47.2 Å². The van der Waals surface area contributed by atoms with Gasteiger partial charge >= 0.3 is 0 Å². The Kier molecular flexibility index (Phi) is 5.69. The largest absolute Gasteiger partial charge is 0.508 e. The van der Waals surface area contributed by atoms with E-state index >= 15 is 0 Å². The van der Waals surface area contributed by atoms with Crippen LogP contribution < -0.4 is 0 Å². The monoisotopic (exact) mass is 348 g/mol. The second kappa shape index (κ2) is 7.41. The van der Waals surface area contributed by atoms with Crippen LogP contribution in [-0.2, 0) is 31.8 Å². The van der Waals surface area contributed by atoms with Crippen molar-refractivity contribution in [1.29, 1.82) is 0 Å². The van der Waals surface area contributed by atoms with Gasteiger partial charge in [-0.1, -0.05) is 26.0 Å².